The highest BCUT2D eigenvalue weighted by Gasteiger charge is 2.54. The number of rotatable bonds is 5. The number of nitrogens with two attached hydrogens (primary N) is 1. The van der Waals surface area contributed by atoms with Crippen LogP contribution in [0.2, 0.25) is 0 Å². The van der Waals surface area contributed by atoms with E-state index < -0.39 is 0 Å². The molecule has 3 atom stereocenters. The number of nitrogens with zero attached hydrogens (tertiary/aromatic N) is 1. The van der Waals surface area contributed by atoms with Crippen LogP contribution in [0.1, 0.15) is 17.0 Å². The van der Waals surface area contributed by atoms with E-state index in [2.05, 4.69) is 34.6 Å². The fourth-order valence-electron chi connectivity index (χ4n) is 3.27. The lowest BCUT2D eigenvalue weighted by atomic mass is 10.0. The first-order valence-corrected chi connectivity index (χ1v) is 6.92. The second-order valence-electron chi connectivity index (χ2n) is 5.40. The molecule has 0 radical (unpaired) electrons. The molecule has 4 heteroatoms. The molecule has 102 valence electrons. The molecule has 3 unspecified atom stereocenters. The van der Waals surface area contributed by atoms with Crippen LogP contribution in [0.4, 0.5) is 0 Å². The van der Waals surface area contributed by atoms with Crippen molar-refractivity contribution in [1.29, 1.82) is 0 Å². The van der Waals surface area contributed by atoms with Crippen molar-refractivity contribution in [3.63, 3.8) is 0 Å². The molecule has 0 amide bonds. The van der Waals surface area contributed by atoms with Crippen LogP contribution >= 0.6 is 0 Å². The third-order valence-corrected chi connectivity index (χ3v) is 4.29. The first-order valence-electron chi connectivity index (χ1n) is 6.92. The molecule has 0 bridgehead atoms. The minimum absolute atomic E-state index is 0.537. The molecule has 3 N–H and O–H groups in total. The zero-order valence-electron chi connectivity index (χ0n) is 11.3. The summed E-state index contributed by atoms with van der Waals surface area (Å²) < 4.78 is 4.96. The molecule has 0 saturated heterocycles. The third-order valence-electron chi connectivity index (χ3n) is 4.29. The Labute approximate surface area is 114 Å². The lowest BCUT2D eigenvalue weighted by Gasteiger charge is -2.07. The number of benzene rings is 1. The number of hydrogen-bond acceptors (Lipinski definition) is 2. The van der Waals surface area contributed by atoms with Crippen LogP contribution in [0.3, 0.4) is 0 Å². The number of hydrogen-bond donors (Lipinski definition) is 2. The van der Waals surface area contributed by atoms with E-state index in [1.165, 1.54) is 12.0 Å². The van der Waals surface area contributed by atoms with E-state index >= 15 is 0 Å². The van der Waals surface area contributed by atoms with E-state index in [0.717, 1.165) is 18.4 Å². The molecule has 19 heavy (non-hydrogen) atoms. The monoisotopic (exact) mass is 259 g/mol. The van der Waals surface area contributed by atoms with Gasteiger partial charge in [-0.15, -0.1) is 0 Å². The predicted molar refractivity (Wildman–Crippen MR) is 76.2 cm³/mol. The number of guanidine groups is 1. The number of methoxy groups -OCH3 is 1. The molecule has 3 rings (SSSR count). The fourth-order valence-corrected chi connectivity index (χ4v) is 3.27. The van der Waals surface area contributed by atoms with Crippen LogP contribution in [0.25, 0.3) is 0 Å². The van der Waals surface area contributed by atoms with Gasteiger partial charge in [-0.25, -0.2) is 0 Å². The average Bonchev–Trinajstić information content (AvgIpc) is 2.96. The number of ether oxygens (including phenoxy) is 1. The van der Waals surface area contributed by atoms with Gasteiger partial charge in [0.15, 0.2) is 5.96 Å². The van der Waals surface area contributed by atoms with Crippen molar-refractivity contribution in [2.24, 2.45) is 22.6 Å². The van der Waals surface area contributed by atoms with Crippen LogP contribution in [0, 0.1) is 11.8 Å². The summed E-state index contributed by atoms with van der Waals surface area (Å²) in [4.78, 5) is 4.44. The molecule has 1 fully saturated rings. The van der Waals surface area contributed by atoms with Crippen LogP contribution < -0.4 is 11.1 Å². The van der Waals surface area contributed by atoms with Gasteiger partial charge in [-0.2, -0.15) is 0 Å². The van der Waals surface area contributed by atoms with Gasteiger partial charge in [-0.1, -0.05) is 24.3 Å². The second-order valence-corrected chi connectivity index (χ2v) is 5.40. The smallest absolute Gasteiger partial charge is 0.188 e. The number of aliphatic imine (C=N–C) groups is 1. The summed E-state index contributed by atoms with van der Waals surface area (Å²) in [7, 11) is 1.68. The summed E-state index contributed by atoms with van der Waals surface area (Å²) in [5, 5.41) is 3.05. The third kappa shape index (κ3) is 2.45. The quantitative estimate of drug-likeness (QED) is 0.473. The van der Waals surface area contributed by atoms with Crippen molar-refractivity contribution in [1.82, 2.24) is 5.32 Å². The SMILES string of the molecule is COCCNC(N)=NCC1C2Cc3ccccc3C12. The standard InChI is InChI=1S/C15H21N3O/c1-19-7-6-17-15(16)18-9-13-12-8-10-4-2-3-5-11(10)14(12)13/h2-5,12-14H,6-9H2,1H3,(H3,16,17,18). The topological polar surface area (TPSA) is 59.6 Å². The summed E-state index contributed by atoms with van der Waals surface area (Å²) in [5.74, 6) is 2.76. The van der Waals surface area contributed by atoms with E-state index in [0.29, 0.717) is 25.0 Å². The molecular formula is C15H21N3O. The maximum absolute atomic E-state index is 5.82. The molecule has 0 spiro atoms. The fraction of sp³-hybridized carbons (Fsp3) is 0.533. The molecule has 4 nitrogen and oxygen atoms in total. The van der Waals surface area contributed by atoms with Gasteiger partial charge in [-0.05, 0) is 35.3 Å². The van der Waals surface area contributed by atoms with Gasteiger partial charge in [-0.3, -0.25) is 4.99 Å². The van der Waals surface area contributed by atoms with Gasteiger partial charge in [0.05, 0.1) is 6.61 Å². The Bertz CT molecular complexity index is 486. The Morgan fingerprint density at radius 1 is 1.47 bits per heavy atom. The highest BCUT2D eigenvalue weighted by molar-refractivity contribution is 5.77. The van der Waals surface area contributed by atoms with Crippen molar-refractivity contribution in [2.75, 3.05) is 26.8 Å². The molecule has 0 heterocycles. The summed E-state index contributed by atoms with van der Waals surface area (Å²) >= 11 is 0. The largest absolute Gasteiger partial charge is 0.383 e. The Balaban J connectivity index is 1.51. The van der Waals surface area contributed by atoms with Crippen molar-refractivity contribution in [3.8, 4) is 0 Å². The number of nitrogens with one attached hydrogen (secondary N) is 1. The van der Waals surface area contributed by atoms with E-state index in [-0.39, 0.29) is 0 Å². The average molecular weight is 259 g/mol. The van der Waals surface area contributed by atoms with E-state index in [9.17, 15) is 0 Å². The Morgan fingerprint density at radius 3 is 3.16 bits per heavy atom. The van der Waals surface area contributed by atoms with Crippen molar-refractivity contribution >= 4 is 5.96 Å². The molecule has 1 aromatic rings. The van der Waals surface area contributed by atoms with Gasteiger partial charge < -0.3 is 15.8 Å². The van der Waals surface area contributed by atoms with Gasteiger partial charge in [0, 0.05) is 20.2 Å². The van der Waals surface area contributed by atoms with E-state index in [1.54, 1.807) is 12.7 Å². The number of fused-ring (bicyclic) bond motifs is 3. The minimum Gasteiger partial charge on any atom is -0.383 e. The van der Waals surface area contributed by atoms with Crippen LogP contribution in [-0.2, 0) is 11.2 Å². The molecule has 2 aliphatic carbocycles. The molecule has 1 saturated carbocycles. The Hall–Kier alpha value is -1.55. The summed E-state index contributed by atoms with van der Waals surface area (Å²) in [6, 6.07) is 8.79. The molecule has 0 aromatic heterocycles. The van der Waals surface area contributed by atoms with Gasteiger partial charge in [0.25, 0.3) is 0 Å². The first-order chi connectivity index (χ1) is 9.31. The van der Waals surface area contributed by atoms with Crippen molar-refractivity contribution in [3.05, 3.63) is 35.4 Å². The van der Waals surface area contributed by atoms with Gasteiger partial charge in [0.1, 0.15) is 0 Å². The maximum Gasteiger partial charge on any atom is 0.188 e. The molecular weight excluding hydrogens is 238 g/mol. The summed E-state index contributed by atoms with van der Waals surface area (Å²) in [6.45, 7) is 2.21. The Kier molecular flexibility index (Phi) is 3.42. The van der Waals surface area contributed by atoms with E-state index in [4.69, 9.17) is 10.5 Å². The molecule has 1 aromatic carbocycles. The van der Waals surface area contributed by atoms with Crippen molar-refractivity contribution < 1.29 is 4.74 Å². The van der Waals surface area contributed by atoms with E-state index in [1.807, 2.05) is 0 Å². The molecule has 2 aliphatic rings. The van der Waals surface area contributed by atoms with Crippen molar-refractivity contribution in [2.45, 2.75) is 12.3 Å². The highest BCUT2D eigenvalue weighted by atomic mass is 16.5. The van der Waals surface area contributed by atoms with Gasteiger partial charge in [0.2, 0.25) is 0 Å². The van der Waals surface area contributed by atoms with Crippen LogP contribution in [0.5, 0.6) is 0 Å². The summed E-state index contributed by atoms with van der Waals surface area (Å²) in [6.07, 6.45) is 1.22. The van der Waals surface area contributed by atoms with Gasteiger partial charge >= 0.3 is 0 Å². The predicted octanol–water partition coefficient (Wildman–Crippen LogP) is 1.12. The Morgan fingerprint density at radius 2 is 2.32 bits per heavy atom. The van der Waals surface area contributed by atoms with Crippen LogP contribution in [0.15, 0.2) is 29.3 Å². The highest BCUT2D eigenvalue weighted by Crippen LogP contribution is 2.61. The lowest BCUT2D eigenvalue weighted by molar-refractivity contribution is 0.204. The maximum atomic E-state index is 5.82. The minimum atomic E-state index is 0.537. The van der Waals surface area contributed by atoms with Crippen LogP contribution in [-0.4, -0.2) is 32.8 Å². The lowest BCUT2D eigenvalue weighted by Crippen LogP contribution is -2.34. The second kappa shape index (κ2) is 5.21. The normalized spacial score (nSPS) is 27.8. The zero-order valence-corrected chi connectivity index (χ0v) is 11.3. The summed E-state index contributed by atoms with van der Waals surface area (Å²) in [5.41, 5.74) is 8.89. The first kappa shape index (κ1) is 12.5. The molecule has 0 aliphatic heterocycles. The zero-order chi connectivity index (χ0) is 13.2.